The van der Waals surface area contributed by atoms with Crippen molar-refractivity contribution in [3.05, 3.63) is 52.4 Å². The highest BCUT2D eigenvalue weighted by atomic mass is 35.5. The quantitative estimate of drug-likeness (QED) is 0.541. The van der Waals surface area contributed by atoms with Gasteiger partial charge in [0.1, 0.15) is 0 Å². The highest BCUT2D eigenvalue weighted by Gasteiger charge is 2.14. The van der Waals surface area contributed by atoms with E-state index in [-0.39, 0.29) is 16.3 Å². The number of nitrogens with zero attached hydrogens (tertiary/aromatic N) is 1. The molecule has 2 aromatic carbocycles. The minimum absolute atomic E-state index is 0.122. The van der Waals surface area contributed by atoms with Crippen LogP contribution in [-0.2, 0) is 10.0 Å². The van der Waals surface area contributed by atoms with Crippen molar-refractivity contribution in [1.29, 1.82) is 0 Å². The summed E-state index contributed by atoms with van der Waals surface area (Å²) in [4.78, 5) is 17.0. The molecule has 0 bridgehead atoms. The molecule has 1 amide bonds. The van der Waals surface area contributed by atoms with E-state index in [1.807, 2.05) is 6.07 Å². The van der Waals surface area contributed by atoms with Crippen molar-refractivity contribution >= 4 is 49.7 Å². The number of methoxy groups -OCH3 is 2. The molecule has 0 saturated carbocycles. The van der Waals surface area contributed by atoms with Crippen LogP contribution < -0.4 is 19.5 Å². The van der Waals surface area contributed by atoms with Crippen molar-refractivity contribution in [3.63, 3.8) is 0 Å². The largest absolute Gasteiger partial charge is 0.493 e. The molecule has 3 rings (SSSR count). The van der Waals surface area contributed by atoms with Gasteiger partial charge in [-0.3, -0.25) is 14.8 Å². The fourth-order valence-corrected chi connectivity index (χ4v) is 4.08. The number of rotatable bonds is 7. The zero-order chi connectivity index (χ0) is 21.9. The first kappa shape index (κ1) is 21.9. The van der Waals surface area contributed by atoms with Gasteiger partial charge in [0.25, 0.3) is 5.91 Å². The Morgan fingerprint density at radius 2 is 1.83 bits per heavy atom. The van der Waals surface area contributed by atoms with Gasteiger partial charge in [-0.1, -0.05) is 11.6 Å². The Hall–Kier alpha value is -2.82. The van der Waals surface area contributed by atoms with Crippen LogP contribution in [0, 0.1) is 0 Å². The summed E-state index contributed by atoms with van der Waals surface area (Å²) in [5, 5.41) is 5.07. The third kappa shape index (κ3) is 5.21. The minimum atomic E-state index is -3.53. The molecule has 2 N–H and O–H groups in total. The van der Waals surface area contributed by atoms with E-state index in [0.717, 1.165) is 11.8 Å². The van der Waals surface area contributed by atoms with E-state index in [2.05, 4.69) is 15.0 Å². The molecule has 158 valence electrons. The maximum Gasteiger partial charge on any atom is 0.257 e. The first-order chi connectivity index (χ1) is 14.2. The van der Waals surface area contributed by atoms with Gasteiger partial charge in [0.05, 0.1) is 36.9 Å². The van der Waals surface area contributed by atoms with E-state index in [0.29, 0.717) is 22.3 Å². The molecule has 0 saturated heterocycles. The number of sulfonamides is 1. The molecule has 0 aliphatic rings. The van der Waals surface area contributed by atoms with Gasteiger partial charge in [0, 0.05) is 16.5 Å². The Kier molecular flexibility index (Phi) is 6.49. The lowest BCUT2D eigenvalue weighted by atomic mass is 10.1. The maximum atomic E-state index is 12.6. The van der Waals surface area contributed by atoms with Gasteiger partial charge in [-0.2, -0.15) is 0 Å². The van der Waals surface area contributed by atoms with E-state index in [1.165, 1.54) is 29.5 Å². The molecular weight excluding hydrogens is 450 g/mol. The predicted molar refractivity (Wildman–Crippen MR) is 119 cm³/mol. The number of hydrogen-bond acceptors (Lipinski definition) is 7. The van der Waals surface area contributed by atoms with Crippen LogP contribution in [0.1, 0.15) is 10.4 Å². The van der Waals surface area contributed by atoms with Gasteiger partial charge in [0.2, 0.25) is 10.0 Å². The molecule has 11 heteroatoms. The lowest BCUT2D eigenvalue weighted by Crippen LogP contribution is -2.14. The topological polar surface area (TPSA) is 107 Å². The predicted octanol–water partition coefficient (Wildman–Crippen LogP) is 4.10. The molecule has 3 aromatic rings. The molecule has 1 aromatic heterocycles. The highest BCUT2D eigenvalue weighted by Crippen LogP contribution is 2.33. The molecule has 8 nitrogen and oxygen atoms in total. The van der Waals surface area contributed by atoms with Crippen molar-refractivity contribution in [3.8, 4) is 22.8 Å². The second kappa shape index (κ2) is 8.90. The first-order valence-corrected chi connectivity index (χ1v) is 11.6. The number of nitrogens with one attached hydrogen (secondary N) is 2. The zero-order valence-corrected chi connectivity index (χ0v) is 18.6. The Morgan fingerprint density at radius 3 is 2.50 bits per heavy atom. The van der Waals surface area contributed by atoms with E-state index in [4.69, 9.17) is 21.1 Å². The summed E-state index contributed by atoms with van der Waals surface area (Å²) in [6, 6.07) is 9.71. The third-order valence-electron chi connectivity index (χ3n) is 3.93. The summed E-state index contributed by atoms with van der Waals surface area (Å²) in [7, 11) is -0.429. The van der Waals surface area contributed by atoms with Crippen LogP contribution in [0.25, 0.3) is 11.3 Å². The SMILES string of the molecule is COc1ccc(-c2csc(NC(=O)c3ccc(Cl)c(NS(C)(=O)=O)c3)n2)cc1OC. The van der Waals surface area contributed by atoms with Gasteiger partial charge in [0.15, 0.2) is 16.6 Å². The minimum Gasteiger partial charge on any atom is -0.493 e. The Morgan fingerprint density at radius 1 is 1.10 bits per heavy atom. The fraction of sp³-hybridized carbons (Fsp3) is 0.158. The summed E-state index contributed by atoms with van der Waals surface area (Å²) < 4.78 is 35.7. The Labute approximate surface area is 182 Å². The van der Waals surface area contributed by atoms with E-state index < -0.39 is 15.9 Å². The number of ether oxygens (including phenoxy) is 2. The second-order valence-corrected chi connectivity index (χ2v) is 9.14. The molecular formula is C19H18ClN3O5S2. The summed E-state index contributed by atoms with van der Waals surface area (Å²) in [6.45, 7) is 0. The van der Waals surface area contributed by atoms with E-state index in [9.17, 15) is 13.2 Å². The van der Waals surface area contributed by atoms with Crippen LogP contribution in [0.2, 0.25) is 5.02 Å². The lowest BCUT2D eigenvalue weighted by Gasteiger charge is -2.09. The van der Waals surface area contributed by atoms with Crippen molar-refractivity contribution in [2.24, 2.45) is 0 Å². The number of hydrogen-bond donors (Lipinski definition) is 2. The maximum absolute atomic E-state index is 12.6. The molecule has 0 aliphatic heterocycles. The van der Waals surface area contributed by atoms with Crippen LogP contribution >= 0.6 is 22.9 Å². The molecule has 0 aliphatic carbocycles. The number of amides is 1. The summed E-state index contributed by atoms with van der Waals surface area (Å²) in [6.07, 6.45) is 1.00. The Balaban J connectivity index is 1.79. The average molecular weight is 468 g/mol. The van der Waals surface area contributed by atoms with E-state index in [1.54, 1.807) is 31.7 Å². The number of carbonyl (C=O) groups is 1. The number of benzene rings is 2. The molecule has 1 heterocycles. The van der Waals surface area contributed by atoms with Gasteiger partial charge in [-0.05, 0) is 36.4 Å². The Bertz CT molecular complexity index is 1190. The van der Waals surface area contributed by atoms with Crippen LogP contribution in [0.15, 0.2) is 41.8 Å². The van der Waals surface area contributed by atoms with Gasteiger partial charge in [-0.25, -0.2) is 13.4 Å². The van der Waals surface area contributed by atoms with Crippen molar-refractivity contribution in [2.75, 3.05) is 30.5 Å². The monoisotopic (exact) mass is 467 g/mol. The number of thiazole rings is 1. The molecule has 30 heavy (non-hydrogen) atoms. The van der Waals surface area contributed by atoms with Crippen molar-refractivity contribution in [2.45, 2.75) is 0 Å². The normalized spacial score (nSPS) is 11.1. The number of aromatic nitrogens is 1. The number of carbonyl (C=O) groups excluding carboxylic acids is 1. The molecule has 0 unspecified atom stereocenters. The first-order valence-electron chi connectivity index (χ1n) is 8.47. The van der Waals surface area contributed by atoms with Crippen LogP contribution in [0.5, 0.6) is 11.5 Å². The van der Waals surface area contributed by atoms with Crippen LogP contribution in [-0.4, -0.2) is 39.8 Å². The molecule has 0 fully saturated rings. The number of anilines is 2. The smallest absolute Gasteiger partial charge is 0.257 e. The highest BCUT2D eigenvalue weighted by molar-refractivity contribution is 7.92. The van der Waals surface area contributed by atoms with E-state index >= 15 is 0 Å². The molecule has 0 spiro atoms. The summed E-state index contributed by atoms with van der Waals surface area (Å²) in [5.74, 6) is 0.725. The van der Waals surface area contributed by atoms with Gasteiger partial charge >= 0.3 is 0 Å². The van der Waals surface area contributed by atoms with Crippen molar-refractivity contribution in [1.82, 2.24) is 4.98 Å². The van der Waals surface area contributed by atoms with Gasteiger partial charge in [-0.15, -0.1) is 11.3 Å². The average Bonchev–Trinajstić information content (AvgIpc) is 3.16. The zero-order valence-electron chi connectivity index (χ0n) is 16.2. The van der Waals surface area contributed by atoms with Gasteiger partial charge < -0.3 is 9.47 Å². The number of halogens is 1. The summed E-state index contributed by atoms with van der Waals surface area (Å²) >= 11 is 7.25. The second-order valence-electron chi connectivity index (χ2n) is 6.13. The molecule has 0 atom stereocenters. The standard InChI is InChI=1S/C19H18ClN3O5S2/c1-27-16-7-5-11(9-17(16)28-2)15-10-29-19(21-15)22-18(24)12-4-6-13(20)14(8-12)23-30(3,25)26/h4-10,23H,1-3H3,(H,21,22,24). The fourth-order valence-electron chi connectivity index (χ4n) is 2.57. The third-order valence-corrected chi connectivity index (χ3v) is 5.61. The van der Waals surface area contributed by atoms with Crippen LogP contribution in [0.4, 0.5) is 10.8 Å². The lowest BCUT2D eigenvalue weighted by molar-refractivity contribution is 0.102. The summed E-state index contributed by atoms with van der Waals surface area (Å²) in [5.41, 5.74) is 1.81. The van der Waals surface area contributed by atoms with Crippen LogP contribution in [0.3, 0.4) is 0 Å². The molecule has 0 radical (unpaired) electrons. The van der Waals surface area contributed by atoms with Crippen molar-refractivity contribution < 1.29 is 22.7 Å².